The molecule has 0 spiro atoms. The molecular weight excluding hydrogens is 491 g/mol. The molecule has 0 aliphatic carbocycles. The average Bonchev–Trinajstić information content (AvgIpc) is 2.62. The van der Waals surface area contributed by atoms with Crippen molar-refractivity contribution in [2.45, 2.75) is 31.1 Å². The summed E-state index contributed by atoms with van der Waals surface area (Å²) in [6, 6.07) is 2.67. The Hall–Kier alpha value is -1.14. The van der Waals surface area contributed by atoms with Gasteiger partial charge in [0.15, 0.2) is 5.96 Å². The third kappa shape index (κ3) is 6.45. The van der Waals surface area contributed by atoms with Crippen molar-refractivity contribution in [3.05, 3.63) is 35.1 Å². The van der Waals surface area contributed by atoms with Gasteiger partial charge in [-0.25, -0.2) is 4.39 Å². The molecular formula is C18H27F4IN4O. The van der Waals surface area contributed by atoms with Crippen LogP contribution in [0.15, 0.2) is 23.2 Å². The minimum absolute atomic E-state index is 0. The van der Waals surface area contributed by atoms with Gasteiger partial charge in [-0.05, 0) is 44.6 Å². The van der Waals surface area contributed by atoms with Gasteiger partial charge < -0.3 is 20.3 Å². The van der Waals surface area contributed by atoms with Crippen LogP contribution in [0.2, 0.25) is 0 Å². The molecule has 28 heavy (non-hydrogen) atoms. The molecule has 2 rings (SSSR count). The summed E-state index contributed by atoms with van der Waals surface area (Å²) in [5.74, 6) is -0.527. The van der Waals surface area contributed by atoms with Crippen molar-refractivity contribution in [2.75, 3.05) is 40.9 Å². The Morgan fingerprint density at radius 2 is 1.86 bits per heavy atom. The van der Waals surface area contributed by atoms with Gasteiger partial charge in [0.05, 0.1) is 5.56 Å². The number of ether oxygens (including phenoxy) is 1. The lowest BCUT2D eigenvalue weighted by Gasteiger charge is -2.43. The molecule has 0 amide bonds. The first-order valence-corrected chi connectivity index (χ1v) is 8.73. The smallest absolute Gasteiger partial charge is 0.381 e. The highest BCUT2D eigenvalue weighted by atomic mass is 127. The van der Waals surface area contributed by atoms with Gasteiger partial charge in [0.1, 0.15) is 5.82 Å². The van der Waals surface area contributed by atoms with E-state index < -0.39 is 17.6 Å². The standard InChI is InChI=1S/C18H26F4N4O.HI/c1-23-16(25-12-17(26(2)3)6-8-27-9-7-17)24-11-13-4-5-14(19)10-15(13)18(20,21)22;/h4-5,10H,6-9,11-12H2,1-3H3,(H2,23,24,25);1H. The predicted molar refractivity (Wildman–Crippen MR) is 111 cm³/mol. The molecule has 160 valence electrons. The van der Waals surface area contributed by atoms with E-state index in [1.54, 1.807) is 7.05 Å². The Balaban J connectivity index is 0.00000392. The van der Waals surface area contributed by atoms with Crippen LogP contribution in [-0.4, -0.2) is 57.3 Å². The number of halogens is 5. The Bertz CT molecular complexity index is 661. The van der Waals surface area contributed by atoms with Crippen molar-refractivity contribution in [2.24, 2.45) is 4.99 Å². The van der Waals surface area contributed by atoms with Crippen LogP contribution >= 0.6 is 24.0 Å². The summed E-state index contributed by atoms with van der Waals surface area (Å²) in [6.45, 7) is 1.79. The highest BCUT2D eigenvalue weighted by Crippen LogP contribution is 2.32. The van der Waals surface area contributed by atoms with E-state index in [2.05, 4.69) is 20.5 Å². The van der Waals surface area contributed by atoms with Gasteiger partial charge in [-0.15, -0.1) is 24.0 Å². The molecule has 5 nitrogen and oxygen atoms in total. The van der Waals surface area contributed by atoms with Crippen LogP contribution in [0.3, 0.4) is 0 Å². The number of rotatable bonds is 5. The summed E-state index contributed by atoms with van der Waals surface area (Å²) in [5, 5.41) is 6.07. The Morgan fingerprint density at radius 1 is 1.21 bits per heavy atom. The fourth-order valence-electron chi connectivity index (χ4n) is 3.15. The summed E-state index contributed by atoms with van der Waals surface area (Å²) in [4.78, 5) is 6.21. The zero-order valence-corrected chi connectivity index (χ0v) is 18.5. The molecule has 0 aromatic heterocycles. The molecule has 0 radical (unpaired) electrons. The van der Waals surface area contributed by atoms with Gasteiger partial charge in [0.2, 0.25) is 0 Å². The quantitative estimate of drug-likeness (QED) is 0.272. The third-order valence-electron chi connectivity index (χ3n) is 5.00. The fraction of sp³-hybridized carbons (Fsp3) is 0.611. The van der Waals surface area contributed by atoms with E-state index in [0.29, 0.717) is 31.8 Å². The van der Waals surface area contributed by atoms with Crippen LogP contribution in [-0.2, 0) is 17.5 Å². The minimum atomic E-state index is -4.62. The van der Waals surface area contributed by atoms with Crippen molar-refractivity contribution < 1.29 is 22.3 Å². The second-order valence-electron chi connectivity index (χ2n) is 6.81. The number of nitrogens with zero attached hydrogens (tertiary/aromatic N) is 2. The number of hydrogen-bond donors (Lipinski definition) is 2. The Labute approximate surface area is 179 Å². The summed E-state index contributed by atoms with van der Waals surface area (Å²) < 4.78 is 58.0. The molecule has 10 heteroatoms. The Morgan fingerprint density at radius 3 is 2.39 bits per heavy atom. The lowest BCUT2D eigenvalue weighted by Crippen LogP contribution is -2.57. The van der Waals surface area contributed by atoms with E-state index in [9.17, 15) is 17.6 Å². The molecule has 0 bridgehead atoms. The van der Waals surface area contributed by atoms with Crippen molar-refractivity contribution in [1.82, 2.24) is 15.5 Å². The van der Waals surface area contributed by atoms with Crippen molar-refractivity contribution in [1.29, 1.82) is 0 Å². The van der Waals surface area contributed by atoms with Crippen LogP contribution < -0.4 is 10.6 Å². The molecule has 0 saturated carbocycles. The highest BCUT2D eigenvalue weighted by molar-refractivity contribution is 14.0. The number of aliphatic imine (C=N–C) groups is 1. The van der Waals surface area contributed by atoms with E-state index in [0.717, 1.165) is 25.0 Å². The number of nitrogens with one attached hydrogen (secondary N) is 2. The maximum absolute atomic E-state index is 13.2. The van der Waals surface area contributed by atoms with Gasteiger partial charge >= 0.3 is 6.18 Å². The first-order valence-electron chi connectivity index (χ1n) is 8.73. The van der Waals surface area contributed by atoms with E-state index in [-0.39, 0.29) is 41.6 Å². The zero-order chi connectivity index (χ0) is 20.1. The van der Waals surface area contributed by atoms with Crippen LogP contribution in [0.5, 0.6) is 0 Å². The number of likely N-dealkylation sites (N-methyl/N-ethyl adjacent to an activating group) is 1. The van der Waals surface area contributed by atoms with Crippen molar-refractivity contribution in [3.8, 4) is 0 Å². The van der Waals surface area contributed by atoms with E-state index in [1.807, 2.05) is 14.1 Å². The lowest BCUT2D eigenvalue weighted by molar-refractivity contribution is -0.138. The molecule has 1 aliphatic rings. The van der Waals surface area contributed by atoms with Crippen molar-refractivity contribution >= 4 is 29.9 Å². The predicted octanol–water partition coefficient (Wildman–Crippen LogP) is 3.24. The number of hydrogen-bond acceptors (Lipinski definition) is 3. The summed E-state index contributed by atoms with van der Waals surface area (Å²) in [7, 11) is 5.55. The zero-order valence-electron chi connectivity index (χ0n) is 16.2. The van der Waals surface area contributed by atoms with Gasteiger partial charge in [0, 0.05) is 38.9 Å². The third-order valence-corrected chi connectivity index (χ3v) is 5.00. The number of alkyl halides is 3. The second kappa shape index (κ2) is 10.6. The average molecular weight is 518 g/mol. The molecule has 2 N–H and O–H groups in total. The summed E-state index contributed by atoms with van der Waals surface area (Å²) in [6.07, 6.45) is -2.92. The summed E-state index contributed by atoms with van der Waals surface area (Å²) in [5.41, 5.74) is -1.14. The van der Waals surface area contributed by atoms with Gasteiger partial charge in [0.25, 0.3) is 0 Å². The largest absolute Gasteiger partial charge is 0.416 e. The monoisotopic (exact) mass is 518 g/mol. The molecule has 0 atom stereocenters. The molecule has 1 fully saturated rings. The van der Waals surface area contributed by atoms with Crippen LogP contribution in [0.4, 0.5) is 17.6 Å². The first-order chi connectivity index (χ1) is 12.7. The molecule has 1 aromatic rings. The maximum atomic E-state index is 13.2. The number of guanidine groups is 1. The molecule has 0 unspecified atom stereocenters. The Kier molecular flexibility index (Phi) is 9.41. The summed E-state index contributed by atoms with van der Waals surface area (Å²) >= 11 is 0. The van der Waals surface area contributed by atoms with E-state index in [4.69, 9.17) is 4.74 Å². The molecule has 1 saturated heterocycles. The van der Waals surface area contributed by atoms with Gasteiger partial charge in [-0.2, -0.15) is 13.2 Å². The second-order valence-corrected chi connectivity index (χ2v) is 6.81. The van der Waals surface area contributed by atoms with Crippen LogP contribution in [0.1, 0.15) is 24.0 Å². The normalized spacial score (nSPS) is 17.2. The van der Waals surface area contributed by atoms with Crippen LogP contribution in [0, 0.1) is 5.82 Å². The topological polar surface area (TPSA) is 48.9 Å². The maximum Gasteiger partial charge on any atom is 0.416 e. The fourth-order valence-corrected chi connectivity index (χ4v) is 3.15. The van der Waals surface area contributed by atoms with E-state index >= 15 is 0 Å². The number of benzene rings is 1. The highest BCUT2D eigenvalue weighted by Gasteiger charge is 2.35. The van der Waals surface area contributed by atoms with Gasteiger partial charge in [-0.3, -0.25) is 4.99 Å². The lowest BCUT2D eigenvalue weighted by atomic mass is 9.88. The molecule has 1 aromatic carbocycles. The first kappa shape index (κ1) is 24.9. The molecule has 1 heterocycles. The van der Waals surface area contributed by atoms with Crippen LogP contribution in [0.25, 0.3) is 0 Å². The SMILES string of the molecule is CN=C(NCc1ccc(F)cc1C(F)(F)F)NCC1(N(C)C)CCOCC1.I. The van der Waals surface area contributed by atoms with Crippen molar-refractivity contribution in [3.63, 3.8) is 0 Å². The van der Waals surface area contributed by atoms with E-state index in [1.165, 1.54) is 0 Å². The minimum Gasteiger partial charge on any atom is -0.381 e. The van der Waals surface area contributed by atoms with Gasteiger partial charge in [-0.1, -0.05) is 6.07 Å². The molecule has 1 aliphatic heterocycles.